The molecule has 0 aliphatic carbocycles. The summed E-state index contributed by atoms with van der Waals surface area (Å²) in [7, 11) is 5.93. The average molecular weight is 609 g/mol. The molecule has 0 saturated carbocycles. The molecule has 4 aromatic rings. The van der Waals surface area contributed by atoms with Crippen molar-refractivity contribution in [3.8, 4) is 11.5 Å². The Balaban J connectivity index is 1.05. The van der Waals surface area contributed by atoms with E-state index in [1.54, 1.807) is 36.4 Å². The van der Waals surface area contributed by atoms with Gasteiger partial charge in [-0.2, -0.15) is 0 Å². The van der Waals surface area contributed by atoms with Crippen LogP contribution >= 0.6 is 0 Å². The van der Waals surface area contributed by atoms with Gasteiger partial charge < -0.3 is 39.2 Å². The van der Waals surface area contributed by atoms with Gasteiger partial charge in [-0.05, 0) is 81.5 Å². The van der Waals surface area contributed by atoms with Crippen LogP contribution in [0.3, 0.4) is 0 Å². The van der Waals surface area contributed by atoms with Crippen LogP contribution in [0.5, 0.6) is 11.5 Å². The predicted molar refractivity (Wildman–Crippen MR) is 173 cm³/mol. The number of carbonyl (C=O) groups is 2. The summed E-state index contributed by atoms with van der Waals surface area (Å²) in [4.78, 5) is 35.3. The van der Waals surface area contributed by atoms with Gasteiger partial charge in [-0.3, -0.25) is 4.79 Å². The van der Waals surface area contributed by atoms with Crippen LogP contribution in [0.4, 0.5) is 21.9 Å². The van der Waals surface area contributed by atoms with E-state index >= 15 is 0 Å². The highest BCUT2D eigenvalue weighted by Gasteiger charge is 2.35. The van der Waals surface area contributed by atoms with Crippen molar-refractivity contribution in [1.29, 1.82) is 0 Å². The highest BCUT2D eigenvalue weighted by Crippen LogP contribution is 2.38. The molecule has 2 aromatic heterocycles. The van der Waals surface area contributed by atoms with E-state index in [9.17, 15) is 9.59 Å². The molecule has 2 fully saturated rings. The molecule has 232 valence electrons. The van der Waals surface area contributed by atoms with Gasteiger partial charge in [0, 0.05) is 61.4 Å². The molecule has 2 amide bonds. The zero-order valence-corrected chi connectivity index (χ0v) is 25.6. The molecule has 11 heteroatoms. The number of amides is 2. The number of Topliss-reactive ketones (excluding diaryl/α,β-unsaturated/α-hetero) is 1. The first-order valence-electron chi connectivity index (χ1n) is 15.2. The van der Waals surface area contributed by atoms with Gasteiger partial charge in [0.15, 0.2) is 5.76 Å². The summed E-state index contributed by atoms with van der Waals surface area (Å²) in [5, 5.41) is 6.60. The van der Waals surface area contributed by atoms with Crippen molar-refractivity contribution < 1.29 is 23.8 Å². The third kappa shape index (κ3) is 5.96. The number of benzene rings is 2. The number of ketones is 1. The Bertz CT molecular complexity index is 1780. The van der Waals surface area contributed by atoms with Gasteiger partial charge in [0.25, 0.3) is 0 Å². The Kier molecular flexibility index (Phi) is 7.64. The maximum atomic E-state index is 13.5. The standard InChI is InChI=1S/C34H36N6O5/c1-38(2)14-15-43-24-7-4-22(5-8-24)36-34(42)37-23-6-11-29-27(17-23)32(41)30(45-29)16-21-18-39(3)33-31(21)28(12-13-35-33)40-19-25-9-10-26(20-40)44-25/h4-8,11-13,16-18,25-26H,9-10,14-15,19-20H2,1-3H3,(H2,36,37,42). The van der Waals surface area contributed by atoms with Crippen LogP contribution in [0.15, 0.2) is 66.7 Å². The Labute approximate surface area is 261 Å². The predicted octanol–water partition coefficient (Wildman–Crippen LogP) is 5.14. The van der Waals surface area contributed by atoms with E-state index in [4.69, 9.17) is 14.2 Å². The van der Waals surface area contributed by atoms with Gasteiger partial charge in [-0.1, -0.05) is 0 Å². The molecule has 2 atom stereocenters. The van der Waals surface area contributed by atoms with Crippen molar-refractivity contribution in [3.63, 3.8) is 0 Å². The van der Waals surface area contributed by atoms with E-state index in [2.05, 4.69) is 20.5 Å². The number of hydrogen-bond acceptors (Lipinski definition) is 8. The van der Waals surface area contributed by atoms with E-state index in [1.807, 2.05) is 61.2 Å². The highest BCUT2D eigenvalue weighted by molar-refractivity contribution is 6.16. The maximum absolute atomic E-state index is 13.5. The van der Waals surface area contributed by atoms with Crippen LogP contribution in [0.1, 0.15) is 28.8 Å². The number of pyridine rings is 1. The van der Waals surface area contributed by atoms with Crippen molar-refractivity contribution in [3.05, 3.63) is 77.8 Å². The van der Waals surface area contributed by atoms with E-state index in [-0.39, 0.29) is 23.8 Å². The highest BCUT2D eigenvalue weighted by atomic mass is 16.5. The lowest BCUT2D eigenvalue weighted by Gasteiger charge is -2.34. The van der Waals surface area contributed by atoms with Crippen molar-refractivity contribution in [2.45, 2.75) is 25.0 Å². The molecule has 2 unspecified atom stereocenters. The number of aromatic nitrogens is 2. The van der Waals surface area contributed by atoms with Gasteiger partial charge in [0.05, 0.1) is 23.5 Å². The average Bonchev–Trinajstić information content (AvgIpc) is 3.65. The van der Waals surface area contributed by atoms with Gasteiger partial charge in [0.2, 0.25) is 5.78 Å². The van der Waals surface area contributed by atoms with Crippen LogP contribution in [-0.2, 0) is 11.8 Å². The molecule has 3 aliphatic heterocycles. The van der Waals surface area contributed by atoms with Gasteiger partial charge in [0.1, 0.15) is 23.8 Å². The van der Waals surface area contributed by atoms with Crippen LogP contribution in [-0.4, -0.2) is 78.8 Å². The summed E-state index contributed by atoms with van der Waals surface area (Å²) in [6.07, 6.45) is 8.26. The van der Waals surface area contributed by atoms with Crippen LogP contribution in [0, 0.1) is 0 Å². The molecule has 0 spiro atoms. The van der Waals surface area contributed by atoms with Crippen LogP contribution in [0.25, 0.3) is 17.1 Å². The first kappa shape index (κ1) is 28.9. The fourth-order valence-electron chi connectivity index (χ4n) is 6.19. The third-order valence-electron chi connectivity index (χ3n) is 8.38. The number of carbonyl (C=O) groups excluding carboxylic acids is 2. The summed E-state index contributed by atoms with van der Waals surface area (Å²) < 4.78 is 19.8. The van der Waals surface area contributed by atoms with Crippen molar-refractivity contribution >= 4 is 46.0 Å². The minimum Gasteiger partial charge on any atom is -0.492 e. The first-order valence-corrected chi connectivity index (χ1v) is 15.2. The third-order valence-corrected chi connectivity index (χ3v) is 8.38. The number of hydrogen-bond donors (Lipinski definition) is 2. The van der Waals surface area contributed by atoms with Crippen LogP contribution < -0.4 is 25.0 Å². The second-order valence-electron chi connectivity index (χ2n) is 12.0. The zero-order chi connectivity index (χ0) is 31.1. The van der Waals surface area contributed by atoms with Crippen molar-refractivity contribution in [2.24, 2.45) is 7.05 Å². The van der Waals surface area contributed by atoms with Gasteiger partial charge in [-0.25, -0.2) is 9.78 Å². The minimum absolute atomic E-state index is 0.226. The molecule has 5 heterocycles. The normalized spacial score (nSPS) is 19.7. The number of aryl methyl sites for hydroxylation is 1. The summed E-state index contributed by atoms with van der Waals surface area (Å²) in [6, 6.07) is 13.8. The summed E-state index contributed by atoms with van der Waals surface area (Å²) in [5.41, 5.74) is 4.27. The summed E-state index contributed by atoms with van der Waals surface area (Å²) in [6.45, 7) is 3.06. The number of urea groups is 1. The Morgan fingerprint density at radius 2 is 1.80 bits per heavy atom. The number of ether oxygens (including phenoxy) is 3. The topological polar surface area (TPSA) is 110 Å². The van der Waals surface area contributed by atoms with Gasteiger partial charge >= 0.3 is 6.03 Å². The second-order valence-corrected chi connectivity index (χ2v) is 12.0. The van der Waals surface area contributed by atoms with Crippen LogP contribution in [0.2, 0.25) is 0 Å². The minimum atomic E-state index is -0.425. The first-order chi connectivity index (χ1) is 21.8. The molecule has 11 nitrogen and oxygen atoms in total. The van der Waals surface area contributed by atoms with E-state index in [0.717, 1.165) is 60.5 Å². The number of rotatable bonds is 8. The second kappa shape index (κ2) is 11.9. The van der Waals surface area contributed by atoms with Gasteiger partial charge in [-0.15, -0.1) is 0 Å². The van der Waals surface area contributed by atoms with E-state index in [1.165, 1.54) is 0 Å². The number of morpholine rings is 1. The molecule has 2 saturated heterocycles. The molecule has 2 N–H and O–H groups in total. The summed E-state index contributed by atoms with van der Waals surface area (Å²) >= 11 is 0. The number of anilines is 3. The maximum Gasteiger partial charge on any atom is 0.323 e. The van der Waals surface area contributed by atoms with E-state index < -0.39 is 6.03 Å². The quantitative estimate of drug-likeness (QED) is 0.265. The Hall–Kier alpha value is -4.87. The van der Waals surface area contributed by atoms with E-state index in [0.29, 0.717) is 29.3 Å². The molecule has 3 aliphatic rings. The number of allylic oxidation sites excluding steroid dienone is 1. The summed E-state index contributed by atoms with van der Waals surface area (Å²) in [5.74, 6) is 1.16. The largest absolute Gasteiger partial charge is 0.492 e. The van der Waals surface area contributed by atoms with Crippen molar-refractivity contribution in [2.75, 3.05) is 55.9 Å². The molecular weight excluding hydrogens is 572 g/mol. The Morgan fingerprint density at radius 3 is 2.56 bits per heavy atom. The molecule has 7 rings (SSSR count). The fraction of sp³-hybridized carbons (Fsp3) is 0.324. The van der Waals surface area contributed by atoms with Crippen molar-refractivity contribution in [1.82, 2.24) is 14.5 Å². The zero-order valence-electron chi connectivity index (χ0n) is 25.6. The fourth-order valence-corrected chi connectivity index (χ4v) is 6.19. The number of likely N-dealkylation sites (N-methyl/N-ethyl adjacent to an activating group) is 1. The lowest BCUT2D eigenvalue weighted by Crippen LogP contribution is -2.42. The molecule has 2 bridgehead atoms. The monoisotopic (exact) mass is 608 g/mol. The lowest BCUT2D eigenvalue weighted by molar-refractivity contribution is 0.0306. The molecule has 45 heavy (non-hydrogen) atoms. The molecule has 0 radical (unpaired) electrons. The Morgan fingerprint density at radius 1 is 1.07 bits per heavy atom. The lowest BCUT2D eigenvalue weighted by atomic mass is 10.1. The molecular formula is C34H36N6O5. The number of nitrogens with one attached hydrogen (secondary N) is 2. The molecule has 2 aromatic carbocycles. The smallest absolute Gasteiger partial charge is 0.323 e. The SMILES string of the molecule is CN(C)CCOc1ccc(NC(=O)Nc2ccc3c(c2)C(=O)C(=Cc2cn(C)c4nccc(N5CC6CCC(C5)O6)c24)O3)cc1. The number of fused-ring (bicyclic) bond motifs is 4. The number of nitrogens with zero attached hydrogens (tertiary/aromatic N) is 4.